The maximum atomic E-state index is 12.3. The van der Waals surface area contributed by atoms with Crippen molar-refractivity contribution in [3.63, 3.8) is 0 Å². The van der Waals surface area contributed by atoms with Gasteiger partial charge in [0.1, 0.15) is 0 Å². The Kier molecular flexibility index (Phi) is 4.44. The summed E-state index contributed by atoms with van der Waals surface area (Å²) in [5.74, 6) is 0.185. The molecule has 0 aromatic heterocycles. The summed E-state index contributed by atoms with van der Waals surface area (Å²) < 4.78 is 23.1. The van der Waals surface area contributed by atoms with Crippen molar-refractivity contribution in [2.75, 3.05) is 18.1 Å². The highest BCUT2D eigenvalue weighted by Crippen LogP contribution is 2.38. The van der Waals surface area contributed by atoms with Crippen LogP contribution in [-0.2, 0) is 14.6 Å². The van der Waals surface area contributed by atoms with Gasteiger partial charge in [-0.25, -0.2) is 8.42 Å². The van der Waals surface area contributed by atoms with Crippen LogP contribution in [0.25, 0.3) is 0 Å². The fourth-order valence-corrected chi connectivity index (χ4v) is 5.68. The second-order valence-electron chi connectivity index (χ2n) is 6.89. The molecular weight excluding hydrogens is 276 g/mol. The lowest BCUT2D eigenvalue weighted by Crippen LogP contribution is -2.49. The van der Waals surface area contributed by atoms with Crippen LogP contribution in [0.1, 0.15) is 51.9 Å². The number of carbonyl (C=O) groups excluding carboxylic acids is 1. The lowest BCUT2D eigenvalue weighted by molar-refractivity contribution is -0.125. The third-order valence-corrected chi connectivity index (χ3v) is 6.73. The molecule has 2 aliphatic rings. The highest BCUT2D eigenvalue weighted by molar-refractivity contribution is 7.91. The van der Waals surface area contributed by atoms with E-state index in [9.17, 15) is 13.2 Å². The van der Waals surface area contributed by atoms with Crippen molar-refractivity contribution in [1.29, 1.82) is 0 Å². The number of carbonyl (C=O) groups is 1. The zero-order chi connectivity index (χ0) is 14.9. The highest BCUT2D eigenvalue weighted by atomic mass is 32.2. The largest absolute Gasteiger partial charge is 0.350 e. The molecular formula is C14H26N2O3S. The van der Waals surface area contributed by atoms with Crippen molar-refractivity contribution < 1.29 is 13.2 Å². The average molecular weight is 302 g/mol. The highest BCUT2D eigenvalue weighted by Gasteiger charge is 2.41. The average Bonchev–Trinajstić information content (AvgIpc) is 2.64. The summed E-state index contributed by atoms with van der Waals surface area (Å²) in [6.07, 6.45) is 6.44. The number of nitrogens with one attached hydrogen (secondary N) is 1. The standard InChI is InChI=1S/C14H26N2O3S/c1-13(7-8-20(18,19)11-13)16-12(17)9-14(10-15)5-3-2-4-6-14/h2-11,15H2,1H3,(H,16,17). The van der Waals surface area contributed by atoms with Gasteiger partial charge in [0.2, 0.25) is 5.91 Å². The van der Waals surface area contributed by atoms with Gasteiger partial charge in [-0.05, 0) is 38.1 Å². The molecule has 116 valence electrons. The Bertz CT molecular complexity index is 469. The van der Waals surface area contributed by atoms with Crippen molar-refractivity contribution in [1.82, 2.24) is 5.32 Å². The molecule has 0 bridgehead atoms. The van der Waals surface area contributed by atoms with Crippen LogP contribution < -0.4 is 11.1 Å². The first-order valence-corrected chi connectivity index (χ1v) is 9.32. The molecule has 1 aliphatic heterocycles. The third kappa shape index (κ3) is 3.73. The van der Waals surface area contributed by atoms with Crippen LogP contribution >= 0.6 is 0 Å². The van der Waals surface area contributed by atoms with E-state index < -0.39 is 15.4 Å². The van der Waals surface area contributed by atoms with Crippen LogP contribution in [0.4, 0.5) is 0 Å². The van der Waals surface area contributed by atoms with Gasteiger partial charge in [-0.2, -0.15) is 0 Å². The van der Waals surface area contributed by atoms with E-state index in [1.54, 1.807) is 0 Å². The minimum Gasteiger partial charge on any atom is -0.350 e. The molecule has 1 heterocycles. The molecule has 5 nitrogen and oxygen atoms in total. The van der Waals surface area contributed by atoms with E-state index in [1.165, 1.54) is 6.42 Å². The Labute approximate surface area is 121 Å². The molecule has 1 saturated heterocycles. The first kappa shape index (κ1) is 15.8. The molecule has 6 heteroatoms. The lowest BCUT2D eigenvalue weighted by atomic mass is 9.71. The molecule has 1 amide bonds. The lowest BCUT2D eigenvalue weighted by Gasteiger charge is -2.36. The fourth-order valence-electron chi connectivity index (χ4n) is 3.59. The molecule has 1 aliphatic carbocycles. The molecule has 0 spiro atoms. The Morgan fingerprint density at radius 1 is 1.20 bits per heavy atom. The van der Waals surface area contributed by atoms with Gasteiger partial charge in [-0.1, -0.05) is 19.3 Å². The zero-order valence-corrected chi connectivity index (χ0v) is 13.1. The Morgan fingerprint density at radius 2 is 1.85 bits per heavy atom. The van der Waals surface area contributed by atoms with Crippen molar-refractivity contribution in [3.8, 4) is 0 Å². The molecule has 0 aromatic carbocycles. The fraction of sp³-hybridized carbons (Fsp3) is 0.929. The van der Waals surface area contributed by atoms with Gasteiger partial charge in [-0.3, -0.25) is 4.79 Å². The van der Waals surface area contributed by atoms with E-state index in [4.69, 9.17) is 5.73 Å². The predicted molar refractivity (Wildman–Crippen MR) is 79.0 cm³/mol. The maximum Gasteiger partial charge on any atom is 0.221 e. The maximum absolute atomic E-state index is 12.3. The van der Waals surface area contributed by atoms with Crippen molar-refractivity contribution in [3.05, 3.63) is 0 Å². The number of amides is 1. The minimum atomic E-state index is -2.99. The predicted octanol–water partition coefficient (Wildman–Crippen LogP) is 0.979. The first-order valence-electron chi connectivity index (χ1n) is 7.50. The van der Waals surface area contributed by atoms with E-state index in [-0.39, 0.29) is 22.8 Å². The number of sulfone groups is 1. The smallest absolute Gasteiger partial charge is 0.221 e. The third-order valence-electron chi connectivity index (χ3n) is 4.83. The molecule has 0 aromatic rings. The van der Waals surface area contributed by atoms with E-state index in [1.807, 2.05) is 6.92 Å². The van der Waals surface area contributed by atoms with Crippen LogP contribution in [-0.4, -0.2) is 37.9 Å². The van der Waals surface area contributed by atoms with E-state index >= 15 is 0 Å². The van der Waals surface area contributed by atoms with E-state index in [0.717, 1.165) is 25.7 Å². The summed E-state index contributed by atoms with van der Waals surface area (Å²) in [6, 6.07) is 0. The van der Waals surface area contributed by atoms with Gasteiger partial charge >= 0.3 is 0 Å². The van der Waals surface area contributed by atoms with Gasteiger partial charge in [0.25, 0.3) is 0 Å². The van der Waals surface area contributed by atoms with Crippen molar-refractivity contribution >= 4 is 15.7 Å². The summed E-state index contributed by atoms with van der Waals surface area (Å²) in [5.41, 5.74) is 5.22. The quantitative estimate of drug-likeness (QED) is 0.810. The Hall–Kier alpha value is -0.620. The summed E-state index contributed by atoms with van der Waals surface area (Å²) >= 11 is 0. The van der Waals surface area contributed by atoms with Crippen LogP contribution in [0.15, 0.2) is 0 Å². The second-order valence-corrected chi connectivity index (χ2v) is 9.08. The molecule has 1 saturated carbocycles. The van der Waals surface area contributed by atoms with E-state index in [2.05, 4.69) is 5.32 Å². The van der Waals surface area contributed by atoms with Gasteiger partial charge in [0.05, 0.1) is 17.0 Å². The molecule has 2 fully saturated rings. The molecule has 2 rings (SSSR count). The number of nitrogens with two attached hydrogens (primary N) is 1. The summed E-state index contributed by atoms with van der Waals surface area (Å²) in [7, 11) is -2.99. The molecule has 20 heavy (non-hydrogen) atoms. The normalized spacial score (nSPS) is 31.9. The van der Waals surface area contributed by atoms with Crippen molar-refractivity contribution in [2.24, 2.45) is 11.1 Å². The van der Waals surface area contributed by atoms with Crippen LogP contribution in [0, 0.1) is 5.41 Å². The summed E-state index contributed by atoms with van der Waals surface area (Å²) in [5, 5.41) is 2.94. The zero-order valence-electron chi connectivity index (χ0n) is 12.3. The topological polar surface area (TPSA) is 89.3 Å². The monoisotopic (exact) mass is 302 g/mol. The second kappa shape index (κ2) is 5.64. The summed E-state index contributed by atoms with van der Waals surface area (Å²) in [4.78, 5) is 12.3. The number of hydrogen-bond donors (Lipinski definition) is 2. The van der Waals surface area contributed by atoms with Gasteiger partial charge < -0.3 is 11.1 Å². The van der Waals surface area contributed by atoms with Crippen molar-refractivity contribution in [2.45, 2.75) is 57.4 Å². The number of hydrogen-bond acceptors (Lipinski definition) is 4. The summed E-state index contributed by atoms with van der Waals surface area (Å²) in [6.45, 7) is 2.36. The van der Waals surface area contributed by atoms with Crippen LogP contribution in [0.3, 0.4) is 0 Å². The molecule has 1 unspecified atom stereocenters. The Morgan fingerprint density at radius 3 is 2.35 bits per heavy atom. The molecule has 0 radical (unpaired) electrons. The number of rotatable bonds is 4. The van der Waals surface area contributed by atoms with Gasteiger partial charge in [0.15, 0.2) is 9.84 Å². The minimum absolute atomic E-state index is 0.0445. The van der Waals surface area contributed by atoms with Crippen LogP contribution in [0.2, 0.25) is 0 Å². The Balaban J connectivity index is 1.95. The molecule has 3 N–H and O–H groups in total. The SMILES string of the molecule is CC1(NC(=O)CC2(CN)CCCCC2)CCS(=O)(=O)C1. The molecule has 1 atom stereocenters. The first-order chi connectivity index (χ1) is 9.28. The van der Waals surface area contributed by atoms with Gasteiger partial charge in [-0.15, -0.1) is 0 Å². The van der Waals surface area contributed by atoms with Crippen LogP contribution in [0.5, 0.6) is 0 Å². The van der Waals surface area contributed by atoms with E-state index in [0.29, 0.717) is 19.4 Å². The van der Waals surface area contributed by atoms with Gasteiger partial charge in [0, 0.05) is 6.42 Å².